The van der Waals surface area contributed by atoms with E-state index in [-0.39, 0.29) is 17.5 Å². The third kappa shape index (κ3) is 2.39. The Hall–Kier alpha value is -1.15. The second kappa shape index (κ2) is 4.19. The maximum atomic E-state index is 11.2. The molecule has 1 amide bonds. The summed E-state index contributed by atoms with van der Waals surface area (Å²) in [4.78, 5) is 11.2. The van der Waals surface area contributed by atoms with Crippen molar-refractivity contribution in [3.05, 3.63) is 10.6 Å². The van der Waals surface area contributed by atoms with Gasteiger partial charge in [-0.3, -0.25) is 4.79 Å². The summed E-state index contributed by atoms with van der Waals surface area (Å²) in [7, 11) is 0. The average Bonchev–Trinajstić information content (AvgIpc) is 2.03. The molecule has 0 saturated heterocycles. The van der Waals surface area contributed by atoms with Gasteiger partial charge in [0, 0.05) is 6.04 Å². The number of rotatable bonds is 2. The maximum Gasteiger partial charge on any atom is 0.265 e. The highest BCUT2D eigenvalue weighted by molar-refractivity contribution is 8.03. The quantitative estimate of drug-likeness (QED) is 0.678. The smallest absolute Gasteiger partial charge is 0.265 e. The number of hydrogen-bond acceptors (Lipinski definition) is 4. The van der Waals surface area contributed by atoms with Gasteiger partial charge in [-0.15, -0.1) is 0 Å². The van der Waals surface area contributed by atoms with E-state index >= 15 is 0 Å². The molecule has 0 spiro atoms. The monoisotopic (exact) mass is 197 g/mol. The predicted octanol–water partition coefficient (Wildman–Crippen LogP) is 0.540. The second-order valence-corrected chi connectivity index (χ2v) is 3.90. The molecule has 0 saturated carbocycles. The third-order valence-electron chi connectivity index (χ3n) is 1.43. The molecule has 0 bridgehead atoms. The van der Waals surface area contributed by atoms with Gasteiger partial charge in [0.1, 0.15) is 11.6 Å². The first-order valence-corrected chi connectivity index (χ1v) is 4.95. The Kier molecular flexibility index (Phi) is 3.20. The Morgan fingerprint density at radius 3 is 2.92 bits per heavy atom. The van der Waals surface area contributed by atoms with Crippen LogP contribution in [0.15, 0.2) is 10.6 Å². The predicted molar refractivity (Wildman–Crippen MR) is 51.5 cm³/mol. The van der Waals surface area contributed by atoms with Crippen LogP contribution in [0.1, 0.15) is 13.8 Å². The van der Waals surface area contributed by atoms with Crippen molar-refractivity contribution in [2.24, 2.45) is 0 Å². The van der Waals surface area contributed by atoms with E-state index in [2.05, 4.69) is 10.6 Å². The van der Waals surface area contributed by atoms with E-state index in [0.717, 1.165) is 0 Å². The summed E-state index contributed by atoms with van der Waals surface area (Å²) in [5.41, 5.74) is 0.185. The average molecular weight is 197 g/mol. The van der Waals surface area contributed by atoms with Crippen LogP contribution < -0.4 is 10.6 Å². The molecule has 1 aliphatic heterocycles. The molecular formula is C8H11N3OS. The van der Waals surface area contributed by atoms with Crippen molar-refractivity contribution in [1.82, 2.24) is 10.6 Å². The molecular weight excluding hydrogens is 186 g/mol. The standard InChI is InChI=1S/C8H11N3OS/c1-5(2)11-8-6(3-9)7(12)10-4-13-8/h5,11H,4H2,1-2H3,(H,10,12). The maximum absolute atomic E-state index is 11.2. The van der Waals surface area contributed by atoms with Crippen molar-refractivity contribution in [3.63, 3.8) is 0 Å². The SMILES string of the molecule is CC(C)NC1=C(C#N)C(=O)NCS1. The van der Waals surface area contributed by atoms with Crippen molar-refractivity contribution in [2.45, 2.75) is 19.9 Å². The zero-order valence-electron chi connectivity index (χ0n) is 7.55. The van der Waals surface area contributed by atoms with Crippen molar-refractivity contribution in [2.75, 3.05) is 5.88 Å². The van der Waals surface area contributed by atoms with E-state index < -0.39 is 0 Å². The van der Waals surface area contributed by atoms with Crippen LogP contribution in [-0.4, -0.2) is 17.8 Å². The van der Waals surface area contributed by atoms with Gasteiger partial charge in [-0.05, 0) is 13.8 Å². The minimum Gasteiger partial charge on any atom is -0.376 e. The minimum atomic E-state index is -0.288. The van der Waals surface area contributed by atoms with Gasteiger partial charge in [-0.25, -0.2) is 0 Å². The molecule has 0 radical (unpaired) electrons. The molecule has 13 heavy (non-hydrogen) atoms. The van der Waals surface area contributed by atoms with Gasteiger partial charge in [-0.2, -0.15) is 5.26 Å². The van der Waals surface area contributed by atoms with Gasteiger partial charge in [0.25, 0.3) is 5.91 Å². The Morgan fingerprint density at radius 1 is 1.69 bits per heavy atom. The van der Waals surface area contributed by atoms with E-state index in [1.54, 1.807) is 0 Å². The van der Waals surface area contributed by atoms with Crippen LogP contribution in [0.2, 0.25) is 0 Å². The van der Waals surface area contributed by atoms with E-state index in [4.69, 9.17) is 5.26 Å². The summed E-state index contributed by atoms with van der Waals surface area (Å²) in [5.74, 6) is 0.239. The molecule has 5 heteroatoms. The van der Waals surface area contributed by atoms with Gasteiger partial charge in [0.15, 0.2) is 0 Å². The molecule has 0 aromatic rings. The zero-order chi connectivity index (χ0) is 9.84. The summed E-state index contributed by atoms with van der Waals surface area (Å²) in [6, 6.07) is 2.13. The number of amides is 1. The summed E-state index contributed by atoms with van der Waals surface area (Å²) in [5, 5.41) is 15.1. The number of nitrogens with one attached hydrogen (secondary N) is 2. The molecule has 70 valence electrons. The molecule has 1 heterocycles. The summed E-state index contributed by atoms with van der Waals surface area (Å²) >= 11 is 1.44. The fourth-order valence-electron chi connectivity index (χ4n) is 0.915. The third-order valence-corrected chi connectivity index (χ3v) is 2.33. The van der Waals surface area contributed by atoms with Crippen LogP contribution in [0.4, 0.5) is 0 Å². The highest BCUT2D eigenvalue weighted by Crippen LogP contribution is 2.20. The van der Waals surface area contributed by atoms with Crippen molar-refractivity contribution >= 4 is 17.7 Å². The summed E-state index contributed by atoms with van der Waals surface area (Å²) in [6.07, 6.45) is 0. The Labute approximate surface area is 81.4 Å². The number of carbonyl (C=O) groups excluding carboxylic acids is 1. The molecule has 0 aliphatic carbocycles. The fourth-order valence-corrected chi connectivity index (χ4v) is 1.86. The molecule has 2 N–H and O–H groups in total. The van der Waals surface area contributed by atoms with Crippen molar-refractivity contribution in [3.8, 4) is 6.07 Å². The molecule has 1 aliphatic rings. The van der Waals surface area contributed by atoms with Crippen LogP contribution in [0.25, 0.3) is 0 Å². The first-order chi connectivity index (χ1) is 6.15. The first-order valence-electron chi connectivity index (χ1n) is 3.97. The van der Waals surface area contributed by atoms with Gasteiger partial charge in [-0.1, -0.05) is 11.8 Å². The zero-order valence-corrected chi connectivity index (χ0v) is 8.36. The number of carbonyl (C=O) groups is 1. The molecule has 0 aromatic heterocycles. The normalized spacial score (nSPS) is 16.9. The van der Waals surface area contributed by atoms with Gasteiger partial charge >= 0.3 is 0 Å². The van der Waals surface area contributed by atoms with E-state index in [0.29, 0.717) is 10.9 Å². The molecule has 0 unspecified atom stereocenters. The summed E-state index contributed by atoms with van der Waals surface area (Å²) in [6.45, 7) is 3.93. The van der Waals surface area contributed by atoms with E-state index in [1.165, 1.54) is 11.8 Å². The van der Waals surface area contributed by atoms with Gasteiger partial charge in [0.05, 0.1) is 10.9 Å². The topological polar surface area (TPSA) is 64.9 Å². The van der Waals surface area contributed by atoms with Crippen molar-refractivity contribution < 1.29 is 4.79 Å². The Morgan fingerprint density at radius 2 is 2.38 bits per heavy atom. The Bertz CT molecular complexity index is 290. The first kappa shape index (κ1) is 9.93. The highest BCUT2D eigenvalue weighted by atomic mass is 32.2. The lowest BCUT2D eigenvalue weighted by Gasteiger charge is -2.19. The molecule has 1 rings (SSSR count). The molecule has 0 atom stereocenters. The molecule has 0 aromatic carbocycles. The number of nitrogens with zero attached hydrogens (tertiary/aromatic N) is 1. The van der Waals surface area contributed by atoms with E-state index in [9.17, 15) is 4.79 Å². The molecule has 4 nitrogen and oxygen atoms in total. The van der Waals surface area contributed by atoms with Gasteiger partial charge in [0.2, 0.25) is 0 Å². The fraction of sp³-hybridized carbons (Fsp3) is 0.500. The number of thioether (sulfide) groups is 1. The second-order valence-electron chi connectivity index (χ2n) is 2.91. The highest BCUT2D eigenvalue weighted by Gasteiger charge is 2.20. The molecule has 0 fully saturated rings. The summed E-state index contributed by atoms with van der Waals surface area (Å²) < 4.78 is 0. The van der Waals surface area contributed by atoms with E-state index in [1.807, 2.05) is 19.9 Å². The van der Waals surface area contributed by atoms with Crippen LogP contribution >= 0.6 is 11.8 Å². The van der Waals surface area contributed by atoms with Crippen molar-refractivity contribution in [1.29, 1.82) is 5.26 Å². The Balaban J connectivity index is 2.88. The van der Waals surface area contributed by atoms with Gasteiger partial charge < -0.3 is 10.6 Å². The van der Waals surface area contributed by atoms with Crippen LogP contribution in [0.3, 0.4) is 0 Å². The van der Waals surface area contributed by atoms with Crippen LogP contribution in [-0.2, 0) is 4.79 Å². The lowest BCUT2D eigenvalue weighted by Crippen LogP contribution is -2.34. The lowest BCUT2D eigenvalue weighted by atomic mass is 10.3. The number of hydrogen-bond donors (Lipinski definition) is 2. The largest absolute Gasteiger partial charge is 0.376 e. The van der Waals surface area contributed by atoms with Crippen LogP contribution in [0.5, 0.6) is 0 Å². The minimum absolute atomic E-state index is 0.185. The van der Waals surface area contributed by atoms with Crippen LogP contribution in [0, 0.1) is 11.3 Å². The lowest BCUT2D eigenvalue weighted by molar-refractivity contribution is -0.116. The number of nitriles is 1.